The second-order valence-corrected chi connectivity index (χ2v) is 2.30. The molecule has 8 heteroatoms. The number of hydrogen-bond acceptors (Lipinski definition) is 0. The van der Waals surface area contributed by atoms with E-state index in [2.05, 4.69) is 13.2 Å². The second kappa shape index (κ2) is 12.4. The highest BCUT2D eigenvalue weighted by molar-refractivity contribution is 6.55. The molecule has 0 N–H and O–H groups in total. The largest absolute Gasteiger partial charge is 0.334 e. The van der Waals surface area contributed by atoms with Crippen molar-refractivity contribution in [2.45, 2.75) is 0 Å². The number of hydrogen-bond donors (Lipinski definition) is 0. The van der Waals surface area contributed by atoms with Crippen molar-refractivity contribution in [3.63, 3.8) is 0 Å². The maximum atomic E-state index is 10.3. The molecule has 0 bridgehead atoms. The minimum absolute atomic E-state index is 0.111. The summed E-state index contributed by atoms with van der Waals surface area (Å²) in [7, 11) is 0. The van der Waals surface area contributed by atoms with Crippen molar-refractivity contribution in [1.82, 2.24) is 0 Å². The molecule has 0 amide bonds. The molecule has 0 aliphatic heterocycles. The van der Waals surface area contributed by atoms with Gasteiger partial charge in [-0.05, 0) is 6.58 Å². The van der Waals surface area contributed by atoms with Crippen LogP contribution in [0.3, 0.4) is 0 Å². The molecule has 0 spiro atoms. The quantitative estimate of drug-likeness (QED) is 0.517. The molecule has 0 aromatic carbocycles. The Balaban J connectivity index is -0.000000135. The molecule has 0 unspecified atom stereocenters. The van der Waals surface area contributed by atoms with Gasteiger partial charge in [0.05, 0.1) is 4.49 Å². The topological polar surface area (TPSA) is 0 Å². The Hall–Kier alpha value is -0.620. The van der Waals surface area contributed by atoms with Crippen LogP contribution in [0.25, 0.3) is 0 Å². The molecule has 0 heterocycles. The van der Waals surface area contributed by atoms with Gasteiger partial charge in [-0.3, -0.25) is 0 Å². The van der Waals surface area contributed by atoms with Gasteiger partial charge in [0.25, 0.3) is 6.08 Å². The predicted octanol–water partition coefficient (Wildman–Crippen LogP) is 5.32. The van der Waals surface area contributed by atoms with Crippen LogP contribution in [0.15, 0.2) is 35.9 Å². The predicted molar refractivity (Wildman–Crippen MR) is 43.7 cm³/mol. The summed E-state index contributed by atoms with van der Waals surface area (Å²) in [5.74, 6) is 0. The van der Waals surface area contributed by atoms with Crippen molar-refractivity contribution in [1.29, 1.82) is 0 Å². The van der Waals surface area contributed by atoms with Crippen LogP contribution in [-0.2, 0) is 0 Å². The smallest absolute Gasteiger partial charge is 0.174 e. The van der Waals surface area contributed by atoms with E-state index < -0.39 is 18.2 Å². The molecule has 0 fully saturated rings. The normalized spacial score (nSPS) is 7.14. The Morgan fingerprint density at radius 3 is 0.786 bits per heavy atom. The molecule has 0 aliphatic rings. The number of halogens is 8. The highest BCUT2D eigenvalue weighted by Crippen LogP contribution is 2.08. The first-order valence-electron chi connectivity index (χ1n) is 2.47. The summed E-state index contributed by atoms with van der Waals surface area (Å²) >= 11 is 9.69. The Morgan fingerprint density at radius 2 is 0.786 bits per heavy atom. The molecule has 0 atom stereocenters. The van der Waals surface area contributed by atoms with Gasteiger partial charge in [-0.15, -0.1) is 0 Å². The minimum Gasteiger partial charge on any atom is -0.174 e. The molecule has 0 rings (SSSR count). The highest BCUT2D eigenvalue weighted by atomic mass is 35.5. The van der Waals surface area contributed by atoms with Crippen molar-refractivity contribution < 1.29 is 26.3 Å². The van der Waals surface area contributed by atoms with E-state index in [1.54, 1.807) is 0 Å². The van der Waals surface area contributed by atoms with Crippen LogP contribution < -0.4 is 0 Å². The van der Waals surface area contributed by atoms with Crippen molar-refractivity contribution in [3.05, 3.63) is 35.9 Å². The minimum atomic E-state index is -2.91. The molecule has 0 aliphatic carbocycles. The lowest BCUT2D eigenvalue weighted by atomic mass is 11.1. The third-order valence-electron chi connectivity index (χ3n) is 0.143. The van der Waals surface area contributed by atoms with E-state index in [4.69, 9.17) is 23.2 Å². The van der Waals surface area contributed by atoms with Crippen LogP contribution in [0.4, 0.5) is 26.3 Å². The molecule has 0 saturated carbocycles. The maximum absolute atomic E-state index is 10.3. The van der Waals surface area contributed by atoms with Gasteiger partial charge >= 0.3 is 12.2 Å². The SMILES string of the molecule is C=C(Cl)Cl.C=C(F)F.FC(F)=C(F)F. The molecular weight excluding hydrogens is 257 g/mol. The summed E-state index contributed by atoms with van der Waals surface area (Å²) in [6, 6.07) is 0. The third-order valence-corrected chi connectivity index (χ3v) is 0.143. The summed E-state index contributed by atoms with van der Waals surface area (Å²) in [5.41, 5.74) is 0. The fourth-order valence-electron chi connectivity index (χ4n) is 0. The lowest BCUT2D eigenvalue weighted by Gasteiger charge is -1.69. The van der Waals surface area contributed by atoms with E-state index in [0.29, 0.717) is 0 Å². The Labute approximate surface area is 86.1 Å². The zero-order valence-electron chi connectivity index (χ0n) is 6.44. The van der Waals surface area contributed by atoms with Gasteiger partial charge in [0.1, 0.15) is 0 Å². The maximum Gasteiger partial charge on any atom is 0.334 e. The molecule has 14 heavy (non-hydrogen) atoms. The van der Waals surface area contributed by atoms with Crippen molar-refractivity contribution >= 4 is 23.2 Å². The average molecular weight is 261 g/mol. The zero-order valence-corrected chi connectivity index (χ0v) is 7.95. The van der Waals surface area contributed by atoms with E-state index >= 15 is 0 Å². The third kappa shape index (κ3) is 107. The molecule has 0 aromatic rings. The molecule has 0 saturated heterocycles. The summed E-state index contributed by atoms with van der Waals surface area (Å²) in [4.78, 5) is 0. The summed E-state index contributed by atoms with van der Waals surface area (Å²) in [6.45, 7) is 5.31. The molecular formula is C6H4Cl2F6. The van der Waals surface area contributed by atoms with Crippen LogP contribution in [0.1, 0.15) is 0 Å². The van der Waals surface area contributed by atoms with Gasteiger partial charge in [-0.2, -0.15) is 26.3 Å². The lowest BCUT2D eigenvalue weighted by molar-refractivity contribution is 0.308. The summed E-state index contributed by atoms with van der Waals surface area (Å²) < 4.78 is 61.5. The van der Waals surface area contributed by atoms with Gasteiger partial charge in [0.2, 0.25) is 0 Å². The van der Waals surface area contributed by atoms with Crippen molar-refractivity contribution in [2.24, 2.45) is 0 Å². The first-order chi connectivity index (χ1) is 6.11. The van der Waals surface area contributed by atoms with Crippen LogP contribution in [0, 0.1) is 0 Å². The monoisotopic (exact) mass is 260 g/mol. The van der Waals surface area contributed by atoms with E-state index in [0.717, 1.165) is 0 Å². The Kier molecular flexibility index (Phi) is 16.8. The fourth-order valence-corrected chi connectivity index (χ4v) is 0. The summed E-state index contributed by atoms with van der Waals surface area (Å²) in [6.07, 6.45) is -7.65. The van der Waals surface area contributed by atoms with Gasteiger partial charge in [0.15, 0.2) is 0 Å². The first-order valence-corrected chi connectivity index (χ1v) is 3.22. The van der Waals surface area contributed by atoms with Crippen LogP contribution >= 0.6 is 23.2 Å². The summed E-state index contributed by atoms with van der Waals surface area (Å²) in [5, 5.41) is 0. The van der Waals surface area contributed by atoms with E-state index in [1.165, 1.54) is 0 Å². The van der Waals surface area contributed by atoms with Gasteiger partial charge in [0, 0.05) is 0 Å². The second-order valence-electron chi connectivity index (χ2n) is 1.20. The van der Waals surface area contributed by atoms with Gasteiger partial charge in [-0.1, -0.05) is 29.8 Å². The standard InChI is InChI=1S/C2H2Cl2.C2F4.C2H2F2/c1-2(3)4;3-1(4)2(5)6;1-2(3)4/h1H2;;1H2. The molecule has 0 aromatic heterocycles. The van der Waals surface area contributed by atoms with Crippen LogP contribution in [0.2, 0.25) is 0 Å². The van der Waals surface area contributed by atoms with E-state index in [1.807, 2.05) is 0 Å². The van der Waals surface area contributed by atoms with Gasteiger partial charge in [-0.25, -0.2) is 0 Å². The highest BCUT2D eigenvalue weighted by Gasteiger charge is 1.98. The Bertz CT molecular complexity index is 174. The molecule has 84 valence electrons. The Morgan fingerprint density at radius 1 is 0.714 bits per heavy atom. The van der Waals surface area contributed by atoms with E-state index in [9.17, 15) is 26.3 Å². The molecule has 0 nitrogen and oxygen atoms in total. The average Bonchev–Trinajstić information content (AvgIpc) is 1.83. The zero-order chi connectivity index (χ0) is 12.3. The van der Waals surface area contributed by atoms with Crippen LogP contribution in [0.5, 0.6) is 0 Å². The number of rotatable bonds is 0. The lowest BCUT2D eigenvalue weighted by Crippen LogP contribution is -1.56. The molecule has 0 radical (unpaired) electrons. The fraction of sp³-hybridized carbons (Fsp3) is 0. The van der Waals surface area contributed by atoms with Crippen LogP contribution in [-0.4, -0.2) is 0 Å². The first kappa shape index (κ1) is 19.0. The van der Waals surface area contributed by atoms with Crippen molar-refractivity contribution in [3.8, 4) is 0 Å². The van der Waals surface area contributed by atoms with Gasteiger partial charge < -0.3 is 0 Å². The van der Waals surface area contributed by atoms with E-state index in [-0.39, 0.29) is 4.49 Å². The van der Waals surface area contributed by atoms with Crippen molar-refractivity contribution in [2.75, 3.05) is 0 Å².